The van der Waals surface area contributed by atoms with Crippen LogP contribution in [0.1, 0.15) is 117 Å². The van der Waals surface area contributed by atoms with Crippen molar-refractivity contribution in [2.75, 3.05) is 41.0 Å². The zero-order valence-electron chi connectivity index (χ0n) is 32.5. The van der Waals surface area contributed by atoms with Gasteiger partial charge in [-0.25, -0.2) is 4.79 Å². The summed E-state index contributed by atoms with van der Waals surface area (Å²) < 4.78 is 17.0. The normalized spacial score (nSPS) is 14.0. The second kappa shape index (κ2) is 33.6. The Labute approximate surface area is 310 Å². The molecule has 0 heterocycles. The molecule has 2 atom stereocenters. The van der Waals surface area contributed by atoms with Crippen molar-refractivity contribution in [3.63, 3.8) is 0 Å². The van der Waals surface area contributed by atoms with Gasteiger partial charge in [0.25, 0.3) is 0 Å². The average Bonchev–Trinajstić information content (AvgIpc) is 3.08. The van der Waals surface area contributed by atoms with Gasteiger partial charge in [0.05, 0.1) is 34.4 Å². The monoisotopic (exact) mass is 713 g/mol. The summed E-state index contributed by atoms with van der Waals surface area (Å²) in [7, 11) is 5.47. The maximum Gasteiger partial charge on any atom is 0.362 e. The average molecular weight is 713 g/mol. The van der Waals surface area contributed by atoms with Crippen LogP contribution in [0.25, 0.3) is 0 Å². The van der Waals surface area contributed by atoms with E-state index in [9.17, 15) is 19.5 Å². The number of nitrogens with zero attached hydrogens (tertiary/aromatic N) is 1. The molecule has 0 fully saturated rings. The van der Waals surface area contributed by atoms with E-state index in [0.29, 0.717) is 19.3 Å². The molecule has 0 saturated heterocycles. The number of carboxylic acid groups (broad SMARTS) is 1. The maximum absolute atomic E-state index is 12.5. The lowest BCUT2D eigenvalue weighted by atomic mass is 10.1. The van der Waals surface area contributed by atoms with Crippen LogP contribution in [-0.4, -0.2) is 80.6 Å². The number of carbonyl (C=O) groups excluding carboxylic acids is 2. The Hall–Kier alpha value is -3.49. The zero-order chi connectivity index (χ0) is 37.8. The van der Waals surface area contributed by atoms with Crippen LogP contribution >= 0.6 is 0 Å². The first-order valence-electron chi connectivity index (χ1n) is 19.1. The molecule has 0 aliphatic rings. The number of unbranched alkanes of at least 4 members (excludes halogenated alkanes) is 4. The molecule has 0 amide bonds. The van der Waals surface area contributed by atoms with E-state index in [-0.39, 0.29) is 49.1 Å². The Morgan fingerprint density at radius 3 is 1.65 bits per heavy atom. The van der Waals surface area contributed by atoms with Crippen LogP contribution < -0.4 is 0 Å². The summed E-state index contributed by atoms with van der Waals surface area (Å²) in [5, 5.41) is 9.56. The number of carboxylic acids is 1. The van der Waals surface area contributed by atoms with Crippen molar-refractivity contribution in [2.24, 2.45) is 0 Å². The summed E-state index contributed by atoms with van der Waals surface area (Å²) in [5.74, 6) is -1.63. The summed E-state index contributed by atoms with van der Waals surface area (Å²) in [5.41, 5.74) is 0. The largest absolute Gasteiger partial charge is 0.477 e. The van der Waals surface area contributed by atoms with Crippen molar-refractivity contribution in [2.45, 2.75) is 129 Å². The van der Waals surface area contributed by atoms with Crippen LogP contribution in [0.4, 0.5) is 0 Å². The Morgan fingerprint density at radius 1 is 0.608 bits per heavy atom. The van der Waals surface area contributed by atoms with E-state index in [1.165, 1.54) is 12.8 Å². The molecular formula is C43H70NO7+. The summed E-state index contributed by atoms with van der Waals surface area (Å²) in [4.78, 5) is 36.6. The van der Waals surface area contributed by atoms with Crippen molar-refractivity contribution >= 4 is 17.9 Å². The fourth-order valence-electron chi connectivity index (χ4n) is 4.82. The standard InChI is InChI=1S/C43H69NO7/c1-6-8-10-12-14-15-16-17-18-19-20-21-22-23-24-25-26-28-29-31-33-41(45)50-38-39(37-49-36-35-40(43(47)48)44(3,4)5)51-42(46)34-32-30-27-13-11-9-7-2/h8,10,14-15,17-18,20-21,23-24,26-28,30,39-40H,6-7,9,11-13,16,19,22,25,29,31-38H2,1-5H3/p+1/b10-8+,15-14+,18-17+,21-20+,24-23+,28-26+,30-27+. The molecule has 0 radical (unpaired) electrons. The fourth-order valence-corrected chi connectivity index (χ4v) is 4.82. The summed E-state index contributed by atoms with van der Waals surface area (Å²) >= 11 is 0. The number of likely N-dealkylation sites (N-methyl/N-ethyl adjacent to an activating group) is 1. The number of quaternary nitrogens is 1. The summed E-state index contributed by atoms with van der Waals surface area (Å²) in [6.07, 6.45) is 42.4. The van der Waals surface area contributed by atoms with Gasteiger partial charge in [-0.1, -0.05) is 112 Å². The molecule has 2 unspecified atom stereocenters. The van der Waals surface area contributed by atoms with Gasteiger partial charge < -0.3 is 23.8 Å². The minimum atomic E-state index is -0.894. The minimum absolute atomic E-state index is 0.0217. The van der Waals surface area contributed by atoms with Gasteiger partial charge in [-0.2, -0.15) is 0 Å². The Balaban J connectivity index is 4.45. The Morgan fingerprint density at radius 2 is 1.12 bits per heavy atom. The van der Waals surface area contributed by atoms with E-state index >= 15 is 0 Å². The molecule has 51 heavy (non-hydrogen) atoms. The van der Waals surface area contributed by atoms with Crippen LogP contribution in [-0.2, 0) is 28.6 Å². The first-order valence-corrected chi connectivity index (χ1v) is 19.1. The van der Waals surface area contributed by atoms with E-state index in [1.807, 2.05) is 27.2 Å². The number of aliphatic carboxylic acids is 1. The van der Waals surface area contributed by atoms with E-state index in [0.717, 1.165) is 57.8 Å². The highest BCUT2D eigenvalue weighted by Gasteiger charge is 2.31. The summed E-state index contributed by atoms with van der Waals surface area (Å²) in [6, 6.07) is -0.630. The lowest BCUT2D eigenvalue weighted by molar-refractivity contribution is -0.887. The number of esters is 2. The zero-order valence-corrected chi connectivity index (χ0v) is 32.5. The quantitative estimate of drug-likeness (QED) is 0.0321. The van der Waals surface area contributed by atoms with Crippen LogP contribution in [0.5, 0.6) is 0 Å². The SMILES string of the molecule is CC/C=C/C/C=C/C/C=C/C/C=C/C/C=C/C/C=C/CCCC(=O)OCC(COCCC(C(=O)O)[N+](C)(C)C)OC(=O)CC/C=C/CCCCC. The maximum atomic E-state index is 12.5. The number of allylic oxidation sites excluding steroid dienone is 14. The molecule has 0 saturated carbocycles. The molecule has 0 aliphatic heterocycles. The number of hydrogen-bond donors (Lipinski definition) is 1. The topological polar surface area (TPSA) is 99.1 Å². The van der Waals surface area contributed by atoms with Crippen LogP contribution in [0, 0.1) is 0 Å². The smallest absolute Gasteiger partial charge is 0.362 e. The molecule has 0 aromatic rings. The van der Waals surface area contributed by atoms with Crippen molar-refractivity contribution in [3.8, 4) is 0 Å². The highest BCUT2D eigenvalue weighted by Crippen LogP contribution is 2.10. The van der Waals surface area contributed by atoms with Gasteiger partial charge in [0.15, 0.2) is 12.1 Å². The second-order valence-electron chi connectivity index (χ2n) is 13.4. The molecule has 0 bridgehead atoms. The third-order valence-corrected chi connectivity index (χ3v) is 7.79. The molecule has 0 spiro atoms. The van der Waals surface area contributed by atoms with Gasteiger partial charge in [-0.3, -0.25) is 9.59 Å². The van der Waals surface area contributed by atoms with Gasteiger partial charge in [-0.15, -0.1) is 0 Å². The van der Waals surface area contributed by atoms with E-state index in [4.69, 9.17) is 14.2 Å². The lowest BCUT2D eigenvalue weighted by Gasteiger charge is -2.31. The van der Waals surface area contributed by atoms with Gasteiger partial charge in [-0.05, 0) is 70.6 Å². The molecular weight excluding hydrogens is 642 g/mol. The van der Waals surface area contributed by atoms with Crippen molar-refractivity contribution in [1.29, 1.82) is 0 Å². The van der Waals surface area contributed by atoms with E-state index in [1.54, 1.807) is 0 Å². The van der Waals surface area contributed by atoms with Gasteiger partial charge in [0.1, 0.15) is 6.61 Å². The van der Waals surface area contributed by atoms with Crippen molar-refractivity contribution in [1.82, 2.24) is 0 Å². The first kappa shape index (κ1) is 47.5. The molecule has 8 nitrogen and oxygen atoms in total. The van der Waals surface area contributed by atoms with Gasteiger partial charge in [0.2, 0.25) is 0 Å². The fraction of sp³-hybridized carbons (Fsp3) is 0.605. The van der Waals surface area contributed by atoms with Crippen LogP contribution in [0.3, 0.4) is 0 Å². The molecule has 0 aromatic heterocycles. The third-order valence-electron chi connectivity index (χ3n) is 7.79. The molecule has 0 aliphatic carbocycles. The highest BCUT2D eigenvalue weighted by molar-refractivity contribution is 5.72. The second-order valence-corrected chi connectivity index (χ2v) is 13.4. The first-order chi connectivity index (χ1) is 24.6. The number of rotatable bonds is 32. The number of hydrogen-bond acceptors (Lipinski definition) is 6. The molecule has 1 N–H and O–H groups in total. The Kier molecular flexibility index (Phi) is 31.3. The predicted molar refractivity (Wildman–Crippen MR) is 210 cm³/mol. The number of ether oxygens (including phenoxy) is 3. The van der Waals surface area contributed by atoms with Crippen LogP contribution in [0.15, 0.2) is 85.1 Å². The predicted octanol–water partition coefficient (Wildman–Crippen LogP) is 9.79. The minimum Gasteiger partial charge on any atom is -0.477 e. The van der Waals surface area contributed by atoms with Gasteiger partial charge in [0, 0.05) is 19.3 Å². The van der Waals surface area contributed by atoms with Crippen LogP contribution in [0.2, 0.25) is 0 Å². The Bertz CT molecular complexity index is 1110. The van der Waals surface area contributed by atoms with Crippen molar-refractivity contribution < 1.29 is 38.2 Å². The molecule has 0 rings (SSSR count). The lowest BCUT2D eigenvalue weighted by Crippen LogP contribution is -2.50. The third kappa shape index (κ3) is 32.2. The highest BCUT2D eigenvalue weighted by atomic mass is 16.6. The number of carbonyl (C=O) groups is 3. The van der Waals surface area contributed by atoms with E-state index < -0.39 is 18.1 Å². The molecule has 8 heteroatoms. The summed E-state index contributed by atoms with van der Waals surface area (Å²) in [6.45, 7) is 4.41. The van der Waals surface area contributed by atoms with Gasteiger partial charge >= 0.3 is 17.9 Å². The van der Waals surface area contributed by atoms with Crippen molar-refractivity contribution in [3.05, 3.63) is 85.1 Å². The molecule has 288 valence electrons. The molecule has 0 aromatic carbocycles. The van der Waals surface area contributed by atoms with E-state index in [2.05, 4.69) is 92.8 Å².